The lowest BCUT2D eigenvalue weighted by molar-refractivity contribution is -0.120. The van der Waals surface area contributed by atoms with Crippen LogP contribution in [0.5, 0.6) is 0 Å². The number of pyridine rings is 1. The number of hydrogen-bond acceptors (Lipinski definition) is 4. The van der Waals surface area contributed by atoms with Gasteiger partial charge >= 0.3 is 0 Å². The maximum atomic E-state index is 12.3. The summed E-state index contributed by atoms with van der Waals surface area (Å²) in [5, 5.41) is 8.88. The molecule has 0 atom stereocenters. The zero-order chi connectivity index (χ0) is 18.4. The summed E-state index contributed by atoms with van der Waals surface area (Å²) in [7, 11) is 0. The SMILES string of the molecule is CC(=O)Nc1ccc(Nc2ccc(NC(=O)C3CCCCC3)nc2)cc1. The minimum absolute atomic E-state index is 0.0754. The second-order valence-electron chi connectivity index (χ2n) is 6.64. The standard InChI is InChI=1S/C20H24N4O2/c1-14(25)22-16-7-9-17(10-8-16)23-18-11-12-19(21-13-18)24-20(26)15-5-3-2-4-6-15/h7-13,15,23H,2-6H2,1H3,(H,22,25)(H,21,24,26). The molecule has 3 rings (SSSR count). The van der Waals surface area contributed by atoms with Crippen molar-refractivity contribution >= 4 is 34.7 Å². The third-order valence-corrected chi connectivity index (χ3v) is 4.48. The minimum atomic E-state index is -0.0965. The van der Waals surface area contributed by atoms with E-state index in [4.69, 9.17) is 0 Å². The van der Waals surface area contributed by atoms with Crippen molar-refractivity contribution in [2.24, 2.45) is 5.92 Å². The Bertz CT molecular complexity index is 750. The number of aromatic nitrogens is 1. The number of amides is 2. The summed E-state index contributed by atoms with van der Waals surface area (Å²) in [6, 6.07) is 11.1. The molecule has 0 unspecified atom stereocenters. The highest BCUT2D eigenvalue weighted by Crippen LogP contribution is 2.25. The average Bonchev–Trinajstić information content (AvgIpc) is 2.65. The van der Waals surface area contributed by atoms with Crippen LogP contribution < -0.4 is 16.0 Å². The normalized spacial score (nSPS) is 14.5. The van der Waals surface area contributed by atoms with Gasteiger partial charge in [-0.1, -0.05) is 19.3 Å². The highest BCUT2D eigenvalue weighted by atomic mass is 16.2. The molecule has 1 aliphatic rings. The van der Waals surface area contributed by atoms with Gasteiger partial charge in [0.15, 0.2) is 0 Å². The lowest BCUT2D eigenvalue weighted by Gasteiger charge is -2.20. The molecule has 2 aromatic rings. The van der Waals surface area contributed by atoms with Crippen LogP contribution in [-0.2, 0) is 9.59 Å². The molecular formula is C20H24N4O2. The van der Waals surface area contributed by atoms with Crippen molar-refractivity contribution in [3.63, 3.8) is 0 Å². The summed E-state index contributed by atoms with van der Waals surface area (Å²) in [4.78, 5) is 27.6. The Labute approximate surface area is 153 Å². The first-order valence-electron chi connectivity index (χ1n) is 9.02. The second kappa shape index (κ2) is 8.47. The maximum Gasteiger partial charge on any atom is 0.228 e. The fourth-order valence-corrected chi connectivity index (χ4v) is 3.14. The van der Waals surface area contributed by atoms with Gasteiger partial charge in [0.2, 0.25) is 11.8 Å². The second-order valence-corrected chi connectivity index (χ2v) is 6.64. The van der Waals surface area contributed by atoms with Crippen molar-refractivity contribution in [3.05, 3.63) is 42.6 Å². The number of benzene rings is 1. The zero-order valence-corrected chi connectivity index (χ0v) is 14.9. The van der Waals surface area contributed by atoms with Crippen molar-refractivity contribution in [2.75, 3.05) is 16.0 Å². The molecule has 2 amide bonds. The molecule has 1 aromatic heterocycles. The van der Waals surface area contributed by atoms with E-state index in [0.29, 0.717) is 5.82 Å². The van der Waals surface area contributed by atoms with Gasteiger partial charge in [-0.3, -0.25) is 9.59 Å². The summed E-state index contributed by atoms with van der Waals surface area (Å²) in [6.07, 6.45) is 7.14. The molecule has 26 heavy (non-hydrogen) atoms. The van der Waals surface area contributed by atoms with E-state index in [1.807, 2.05) is 30.3 Å². The van der Waals surface area contributed by atoms with Gasteiger partial charge in [0.1, 0.15) is 5.82 Å². The predicted octanol–water partition coefficient (Wildman–Crippen LogP) is 4.30. The van der Waals surface area contributed by atoms with Gasteiger partial charge in [0, 0.05) is 24.2 Å². The first kappa shape index (κ1) is 17.9. The van der Waals surface area contributed by atoms with E-state index in [9.17, 15) is 9.59 Å². The molecule has 1 fully saturated rings. The monoisotopic (exact) mass is 352 g/mol. The minimum Gasteiger partial charge on any atom is -0.354 e. The van der Waals surface area contributed by atoms with Crippen molar-refractivity contribution in [1.82, 2.24) is 4.98 Å². The Morgan fingerprint density at radius 3 is 2.15 bits per heavy atom. The highest BCUT2D eigenvalue weighted by molar-refractivity contribution is 5.92. The molecule has 6 heteroatoms. The van der Waals surface area contributed by atoms with Crippen molar-refractivity contribution < 1.29 is 9.59 Å². The van der Waals surface area contributed by atoms with E-state index in [0.717, 1.165) is 42.7 Å². The number of rotatable bonds is 5. The van der Waals surface area contributed by atoms with Gasteiger partial charge in [-0.25, -0.2) is 4.98 Å². The van der Waals surface area contributed by atoms with Crippen molar-refractivity contribution in [3.8, 4) is 0 Å². The molecule has 0 spiro atoms. The van der Waals surface area contributed by atoms with Crippen LogP contribution in [0.3, 0.4) is 0 Å². The Kier molecular flexibility index (Phi) is 5.84. The number of carbonyl (C=O) groups excluding carboxylic acids is 2. The predicted molar refractivity (Wildman–Crippen MR) is 103 cm³/mol. The van der Waals surface area contributed by atoms with E-state index in [-0.39, 0.29) is 17.7 Å². The van der Waals surface area contributed by atoms with Crippen LogP contribution in [0, 0.1) is 5.92 Å². The van der Waals surface area contributed by atoms with Gasteiger partial charge in [0.05, 0.1) is 11.9 Å². The fourth-order valence-electron chi connectivity index (χ4n) is 3.14. The first-order valence-corrected chi connectivity index (χ1v) is 9.02. The number of anilines is 4. The molecule has 0 saturated heterocycles. The van der Waals surface area contributed by atoms with Gasteiger partial charge in [-0.05, 0) is 49.2 Å². The topological polar surface area (TPSA) is 83.1 Å². The van der Waals surface area contributed by atoms with E-state index in [1.54, 1.807) is 12.3 Å². The summed E-state index contributed by atoms with van der Waals surface area (Å²) in [5.74, 6) is 0.671. The Morgan fingerprint density at radius 2 is 1.54 bits per heavy atom. The van der Waals surface area contributed by atoms with Crippen LogP contribution in [0.2, 0.25) is 0 Å². The fraction of sp³-hybridized carbons (Fsp3) is 0.350. The number of nitrogens with zero attached hydrogens (tertiary/aromatic N) is 1. The number of hydrogen-bond donors (Lipinski definition) is 3. The number of nitrogens with one attached hydrogen (secondary N) is 3. The zero-order valence-electron chi connectivity index (χ0n) is 14.9. The van der Waals surface area contributed by atoms with Crippen LogP contribution in [-0.4, -0.2) is 16.8 Å². The lowest BCUT2D eigenvalue weighted by atomic mass is 9.89. The molecule has 0 bridgehead atoms. The summed E-state index contributed by atoms with van der Waals surface area (Å²) >= 11 is 0. The van der Waals surface area contributed by atoms with Crippen LogP contribution in [0.25, 0.3) is 0 Å². The highest BCUT2D eigenvalue weighted by Gasteiger charge is 2.21. The maximum absolute atomic E-state index is 12.3. The molecule has 1 aliphatic carbocycles. The summed E-state index contributed by atoms with van der Waals surface area (Å²) in [6.45, 7) is 1.48. The Morgan fingerprint density at radius 1 is 0.885 bits per heavy atom. The Balaban J connectivity index is 1.55. The van der Waals surface area contributed by atoms with Gasteiger partial charge in [-0.2, -0.15) is 0 Å². The molecule has 3 N–H and O–H groups in total. The van der Waals surface area contributed by atoms with Crippen LogP contribution in [0.4, 0.5) is 22.9 Å². The molecule has 1 saturated carbocycles. The molecule has 0 aliphatic heterocycles. The molecular weight excluding hydrogens is 328 g/mol. The van der Waals surface area contributed by atoms with Gasteiger partial charge < -0.3 is 16.0 Å². The van der Waals surface area contributed by atoms with Crippen molar-refractivity contribution in [2.45, 2.75) is 39.0 Å². The van der Waals surface area contributed by atoms with E-state index in [1.165, 1.54) is 13.3 Å². The smallest absolute Gasteiger partial charge is 0.228 e. The molecule has 1 heterocycles. The van der Waals surface area contributed by atoms with Gasteiger partial charge in [-0.15, -0.1) is 0 Å². The average molecular weight is 352 g/mol. The molecule has 136 valence electrons. The van der Waals surface area contributed by atoms with E-state index in [2.05, 4.69) is 20.9 Å². The van der Waals surface area contributed by atoms with Crippen LogP contribution in [0.1, 0.15) is 39.0 Å². The first-order chi connectivity index (χ1) is 12.6. The van der Waals surface area contributed by atoms with E-state index < -0.39 is 0 Å². The van der Waals surface area contributed by atoms with Crippen molar-refractivity contribution in [1.29, 1.82) is 0 Å². The molecule has 1 aromatic carbocycles. The summed E-state index contributed by atoms with van der Waals surface area (Å²) in [5.41, 5.74) is 2.47. The van der Waals surface area contributed by atoms with Crippen LogP contribution >= 0.6 is 0 Å². The third kappa shape index (κ3) is 5.05. The van der Waals surface area contributed by atoms with Gasteiger partial charge in [0.25, 0.3) is 0 Å². The quantitative estimate of drug-likeness (QED) is 0.749. The lowest BCUT2D eigenvalue weighted by Crippen LogP contribution is -2.25. The van der Waals surface area contributed by atoms with E-state index >= 15 is 0 Å². The summed E-state index contributed by atoms with van der Waals surface area (Å²) < 4.78 is 0. The molecule has 6 nitrogen and oxygen atoms in total. The van der Waals surface area contributed by atoms with Crippen LogP contribution in [0.15, 0.2) is 42.6 Å². The Hall–Kier alpha value is -2.89. The number of carbonyl (C=O) groups is 2. The largest absolute Gasteiger partial charge is 0.354 e. The third-order valence-electron chi connectivity index (χ3n) is 4.48. The molecule has 0 radical (unpaired) electrons.